The van der Waals surface area contributed by atoms with Crippen molar-refractivity contribution >= 4 is 17.9 Å². The molecule has 0 heterocycles. The Morgan fingerprint density at radius 3 is 0.747 bits per heavy atom. The standard InChI is InChI=1S/C77H138O6/c1-4-7-10-13-16-19-22-25-28-30-31-32-33-34-35-36-37-38-39-40-41-42-43-44-45-47-49-52-55-58-61-64-67-70-76(79)82-73-74(72-81-75(78)69-66-63-60-57-54-51-48-27-24-21-18-15-12-9-6-3)83-77(80)71-68-65-62-59-56-53-50-46-29-26-23-20-17-14-11-8-5-2/h8,11,17,20,26-27,29-31,48,50,53,74H,4-7,9-10,12-16,18-19,21-25,28,32-47,49,51-52,54-73H2,1-3H3/b11-8-,20-17-,29-26-,31-30-,48-27-,53-50-. The normalized spacial score (nSPS) is 12.5. The fourth-order valence-electron chi connectivity index (χ4n) is 10.7. The van der Waals surface area contributed by atoms with Crippen LogP contribution in [0, 0.1) is 0 Å². The summed E-state index contributed by atoms with van der Waals surface area (Å²) in [6.07, 6.45) is 93.8. The number of esters is 3. The monoisotopic (exact) mass is 1160 g/mol. The molecule has 0 rings (SSSR count). The quantitative estimate of drug-likeness (QED) is 0.0261. The molecule has 83 heavy (non-hydrogen) atoms. The van der Waals surface area contributed by atoms with Gasteiger partial charge in [0.25, 0.3) is 0 Å². The van der Waals surface area contributed by atoms with Crippen molar-refractivity contribution in [3.05, 3.63) is 72.9 Å². The van der Waals surface area contributed by atoms with Crippen LogP contribution < -0.4 is 0 Å². The molecule has 6 nitrogen and oxygen atoms in total. The van der Waals surface area contributed by atoms with Gasteiger partial charge in [0, 0.05) is 19.3 Å². The first-order valence-electron chi connectivity index (χ1n) is 36.4. The van der Waals surface area contributed by atoms with Crippen molar-refractivity contribution in [1.82, 2.24) is 0 Å². The molecule has 0 saturated carbocycles. The van der Waals surface area contributed by atoms with Gasteiger partial charge in [-0.05, 0) is 109 Å². The summed E-state index contributed by atoms with van der Waals surface area (Å²) in [5.74, 6) is -0.898. The fourth-order valence-corrected chi connectivity index (χ4v) is 10.7. The molecule has 0 fully saturated rings. The largest absolute Gasteiger partial charge is 0.462 e. The Hall–Kier alpha value is -3.15. The van der Waals surface area contributed by atoms with Crippen molar-refractivity contribution in [2.75, 3.05) is 13.2 Å². The van der Waals surface area contributed by atoms with Crippen LogP contribution in [0.4, 0.5) is 0 Å². The maximum absolute atomic E-state index is 12.9. The van der Waals surface area contributed by atoms with Crippen molar-refractivity contribution in [1.29, 1.82) is 0 Å². The van der Waals surface area contributed by atoms with E-state index < -0.39 is 6.10 Å². The molecule has 1 unspecified atom stereocenters. The average molecular weight is 1160 g/mol. The van der Waals surface area contributed by atoms with E-state index in [1.807, 2.05) is 0 Å². The summed E-state index contributed by atoms with van der Waals surface area (Å²) < 4.78 is 17.0. The predicted molar refractivity (Wildman–Crippen MR) is 362 cm³/mol. The molecule has 0 aromatic heterocycles. The number of carbonyl (C=O) groups is 3. The first kappa shape index (κ1) is 79.8. The molecular formula is C77H138O6. The lowest BCUT2D eigenvalue weighted by Gasteiger charge is -2.18. The minimum absolute atomic E-state index is 0.0849. The van der Waals surface area contributed by atoms with Crippen LogP contribution in [0.3, 0.4) is 0 Å². The average Bonchev–Trinajstić information content (AvgIpc) is 3.49. The highest BCUT2D eigenvalue weighted by molar-refractivity contribution is 5.71. The first-order valence-corrected chi connectivity index (χ1v) is 36.4. The van der Waals surface area contributed by atoms with E-state index in [1.165, 1.54) is 238 Å². The predicted octanol–water partition coefficient (Wildman–Crippen LogP) is 25.2. The molecule has 0 N–H and O–H groups in total. The Balaban J connectivity index is 4.18. The molecular weight excluding hydrogens is 1020 g/mol. The molecule has 0 spiro atoms. The van der Waals surface area contributed by atoms with Gasteiger partial charge in [0.15, 0.2) is 6.10 Å². The van der Waals surface area contributed by atoms with Crippen molar-refractivity contribution in [3.8, 4) is 0 Å². The zero-order valence-corrected chi connectivity index (χ0v) is 55.5. The molecule has 482 valence electrons. The Bertz CT molecular complexity index is 1520. The lowest BCUT2D eigenvalue weighted by atomic mass is 10.0. The van der Waals surface area contributed by atoms with E-state index >= 15 is 0 Å². The van der Waals surface area contributed by atoms with E-state index in [0.717, 1.165) is 103 Å². The molecule has 0 aliphatic heterocycles. The van der Waals surface area contributed by atoms with Crippen LogP contribution in [0.2, 0.25) is 0 Å². The minimum Gasteiger partial charge on any atom is -0.462 e. The van der Waals surface area contributed by atoms with Gasteiger partial charge in [-0.15, -0.1) is 0 Å². The van der Waals surface area contributed by atoms with Crippen molar-refractivity contribution in [2.45, 2.75) is 386 Å². The summed E-state index contributed by atoms with van der Waals surface area (Å²) in [5.41, 5.74) is 0. The van der Waals surface area contributed by atoms with Gasteiger partial charge in [0.1, 0.15) is 13.2 Å². The van der Waals surface area contributed by atoms with Gasteiger partial charge < -0.3 is 14.2 Å². The summed E-state index contributed by atoms with van der Waals surface area (Å²) in [6, 6.07) is 0. The molecule has 0 saturated heterocycles. The molecule has 0 bridgehead atoms. The van der Waals surface area contributed by atoms with Crippen molar-refractivity contribution < 1.29 is 28.6 Å². The number of rotatable bonds is 67. The van der Waals surface area contributed by atoms with Crippen LogP contribution in [0.5, 0.6) is 0 Å². The van der Waals surface area contributed by atoms with E-state index in [1.54, 1.807) is 0 Å². The van der Waals surface area contributed by atoms with Crippen LogP contribution in [0.15, 0.2) is 72.9 Å². The number of hydrogen-bond acceptors (Lipinski definition) is 6. The summed E-state index contributed by atoms with van der Waals surface area (Å²) in [7, 11) is 0. The molecule has 0 aliphatic rings. The minimum atomic E-state index is -0.792. The van der Waals surface area contributed by atoms with E-state index in [4.69, 9.17) is 14.2 Å². The third kappa shape index (κ3) is 69.5. The number of ether oxygens (including phenoxy) is 3. The lowest BCUT2D eigenvalue weighted by Crippen LogP contribution is -2.30. The highest BCUT2D eigenvalue weighted by Gasteiger charge is 2.19. The number of hydrogen-bond donors (Lipinski definition) is 0. The number of unbranched alkanes of at least 4 members (excludes halogenated alkanes) is 44. The molecule has 0 aliphatic carbocycles. The highest BCUT2D eigenvalue weighted by Crippen LogP contribution is 2.18. The zero-order valence-electron chi connectivity index (χ0n) is 55.5. The smallest absolute Gasteiger partial charge is 0.306 e. The Labute approximate surface area is 516 Å². The van der Waals surface area contributed by atoms with E-state index in [-0.39, 0.29) is 31.1 Å². The Morgan fingerprint density at radius 2 is 0.470 bits per heavy atom. The van der Waals surface area contributed by atoms with Crippen molar-refractivity contribution in [2.24, 2.45) is 0 Å². The molecule has 0 radical (unpaired) electrons. The number of allylic oxidation sites excluding steroid dienone is 12. The zero-order chi connectivity index (χ0) is 59.9. The van der Waals surface area contributed by atoms with Gasteiger partial charge in [-0.25, -0.2) is 0 Å². The van der Waals surface area contributed by atoms with Crippen LogP contribution in [0.1, 0.15) is 380 Å². The topological polar surface area (TPSA) is 78.9 Å². The van der Waals surface area contributed by atoms with Gasteiger partial charge in [0.05, 0.1) is 0 Å². The molecule has 0 amide bonds. The van der Waals surface area contributed by atoms with Gasteiger partial charge in [-0.3, -0.25) is 14.4 Å². The van der Waals surface area contributed by atoms with Gasteiger partial charge >= 0.3 is 17.9 Å². The van der Waals surface area contributed by atoms with Crippen LogP contribution in [0.25, 0.3) is 0 Å². The maximum atomic E-state index is 12.9. The summed E-state index contributed by atoms with van der Waals surface area (Å²) >= 11 is 0. The van der Waals surface area contributed by atoms with Gasteiger partial charge in [-0.2, -0.15) is 0 Å². The van der Waals surface area contributed by atoms with Gasteiger partial charge in [-0.1, -0.05) is 325 Å². The van der Waals surface area contributed by atoms with E-state index in [2.05, 4.69) is 93.7 Å². The second kappa shape index (κ2) is 71.3. The van der Waals surface area contributed by atoms with Crippen LogP contribution in [-0.2, 0) is 28.6 Å². The summed E-state index contributed by atoms with van der Waals surface area (Å²) in [5, 5.41) is 0. The molecule has 1 atom stereocenters. The molecule has 6 heteroatoms. The van der Waals surface area contributed by atoms with Crippen LogP contribution >= 0.6 is 0 Å². The van der Waals surface area contributed by atoms with Crippen LogP contribution in [-0.4, -0.2) is 37.2 Å². The fraction of sp³-hybridized carbons (Fsp3) is 0.805. The maximum Gasteiger partial charge on any atom is 0.306 e. The second-order valence-corrected chi connectivity index (χ2v) is 24.5. The third-order valence-electron chi connectivity index (χ3n) is 16.2. The number of carbonyl (C=O) groups excluding carboxylic acids is 3. The Kier molecular flexibility index (Phi) is 68.6. The molecule has 0 aromatic carbocycles. The second-order valence-electron chi connectivity index (χ2n) is 24.5. The Morgan fingerprint density at radius 1 is 0.253 bits per heavy atom. The van der Waals surface area contributed by atoms with E-state index in [9.17, 15) is 14.4 Å². The molecule has 0 aromatic rings. The van der Waals surface area contributed by atoms with Crippen molar-refractivity contribution in [3.63, 3.8) is 0 Å². The first-order chi connectivity index (χ1) is 41.0. The van der Waals surface area contributed by atoms with E-state index in [0.29, 0.717) is 19.3 Å². The van der Waals surface area contributed by atoms with Gasteiger partial charge in [0.2, 0.25) is 0 Å². The highest BCUT2D eigenvalue weighted by atomic mass is 16.6. The lowest BCUT2D eigenvalue weighted by molar-refractivity contribution is -0.167. The SMILES string of the molecule is CC/C=C\C/C=C\C/C=C\C/C=C\CCCCCCC(=O)OC(COC(=O)CCCCCCC/C=C\CCCCCCCC)COC(=O)CCCCCCCCCCCCCCCCCCCCCCC/C=C\CCCCCCCCCC. The third-order valence-corrected chi connectivity index (χ3v) is 16.2. The summed E-state index contributed by atoms with van der Waals surface area (Å²) in [6.45, 7) is 6.55. The summed E-state index contributed by atoms with van der Waals surface area (Å²) in [4.78, 5) is 38.4.